The topological polar surface area (TPSA) is 54.2 Å². The van der Waals surface area contributed by atoms with Gasteiger partial charge in [-0.05, 0) is 11.6 Å². The van der Waals surface area contributed by atoms with Crippen LogP contribution < -0.4 is 11.2 Å². The molecule has 2 rings (SSSR count). The Hall–Kier alpha value is -1.39. The number of pyridine rings is 1. The molecule has 1 aromatic heterocycles. The van der Waals surface area contributed by atoms with Gasteiger partial charge in [0.1, 0.15) is 0 Å². The van der Waals surface area contributed by atoms with E-state index in [9.17, 15) is 0 Å². The van der Waals surface area contributed by atoms with Crippen molar-refractivity contribution in [2.75, 3.05) is 13.6 Å². The zero-order chi connectivity index (χ0) is 9.97. The van der Waals surface area contributed by atoms with Crippen molar-refractivity contribution in [1.29, 1.82) is 0 Å². The van der Waals surface area contributed by atoms with Crippen LogP contribution in [0.15, 0.2) is 24.5 Å². The number of hydrogen-bond acceptors (Lipinski definition) is 4. The van der Waals surface area contributed by atoms with Crippen LogP contribution in [0.1, 0.15) is 11.3 Å². The number of rotatable bonds is 2. The lowest BCUT2D eigenvalue weighted by atomic mass is 10.1. The predicted molar refractivity (Wildman–Crippen MR) is 55.9 cm³/mol. The van der Waals surface area contributed by atoms with Gasteiger partial charge in [0.25, 0.3) is 0 Å². The molecule has 0 bridgehead atoms. The van der Waals surface area contributed by atoms with Crippen LogP contribution >= 0.6 is 0 Å². The summed E-state index contributed by atoms with van der Waals surface area (Å²) in [7, 11) is 1.97. The molecule has 0 saturated heterocycles. The molecule has 4 heteroatoms. The first kappa shape index (κ1) is 9.18. The van der Waals surface area contributed by atoms with Gasteiger partial charge >= 0.3 is 0 Å². The Bertz CT molecular complexity index is 342. The second-order valence-electron chi connectivity index (χ2n) is 3.36. The molecule has 0 atom stereocenters. The zero-order valence-corrected chi connectivity index (χ0v) is 8.20. The predicted octanol–water partition coefficient (Wildman–Crippen LogP) is 0.331. The van der Waals surface area contributed by atoms with Crippen LogP contribution in [0.5, 0.6) is 0 Å². The number of nitrogens with two attached hydrogens (primary N) is 1. The Kier molecular flexibility index (Phi) is 2.47. The molecule has 1 aromatic rings. The molecular weight excluding hydrogens is 176 g/mol. The monoisotopic (exact) mass is 190 g/mol. The minimum Gasteiger partial charge on any atom is -0.326 e. The highest BCUT2D eigenvalue weighted by Gasteiger charge is 2.10. The van der Waals surface area contributed by atoms with Gasteiger partial charge < -0.3 is 10.7 Å². The molecule has 2 heterocycles. The highest BCUT2D eigenvalue weighted by atomic mass is 15.5. The average Bonchev–Trinajstić information content (AvgIpc) is 2.65. The SMILES string of the molecule is CN1C=C(c2ccc(CN)cn2)CN1. The highest BCUT2D eigenvalue weighted by Crippen LogP contribution is 2.15. The van der Waals surface area contributed by atoms with Gasteiger partial charge in [-0.1, -0.05) is 6.07 Å². The fraction of sp³-hybridized carbons (Fsp3) is 0.300. The van der Waals surface area contributed by atoms with Crippen molar-refractivity contribution in [2.24, 2.45) is 5.73 Å². The van der Waals surface area contributed by atoms with Crippen molar-refractivity contribution < 1.29 is 0 Å². The Morgan fingerprint density at radius 2 is 2.43 bits per heavy atom. The smallest absolute Gasteiger partial charge is 0.0690 e. The van der Waals surface area contributed by atoms with Crippen molar-refractivity contribution >= 4 is 5.57 Å². The molecule has 3 N–H and O–H groups in total. The summed E-state index contributed by atoms with van der Waals surface area (Å²) in [6.07, 6.45) is 3.87. The summed E-state index contributed by atoms with van der Waals surface area (Å²) in [6, 6.07) is 4.02. The molecule has 0 unspecified atom stereocenters. The second-order valence-corrected chi connectivity index (χ2v) is 3.36. The molecule has 1 aliphatic rings. The number of nitrogens with one attached hydrogen (secondary N) is 1. The summed E-state index contributed by atoms with van der Waals surface area (Å²) in [5.41, 5.74) is 12.0. The first-order chi connectivity index (χ1) is 6.79. The van der Waals surface area contributed by atoms with Gasteiger partial charge in [0.15, 0.2) is 0 Å². The van der Waals surface area contributed by atoms with Gasteiger partial charge in [0.05, 0.1) is 5.69 Å². The first-order valence-electron chi connectivity index (χ1n) is 4.62. The molecule has 4 nitrogen and oxygen atoms in total. The Morgan fingerprint density at radius 3 is 2.93 bits per heavy atom. The van der Waals surface area contributed by atoms with E-state index in [-0.39, 0.29) is 0 Å². The Labute approximate surface area is 83.4 Å². The van der Waals surface area contributed by atoms with Gasteiger partial charge in [-0.15, -0.1) is 0 Å². The standard InChI is InChI=1S/C10H14N4/c1-14-7-9(6-13-14)10-3-2-8(4-11)5-12-10/h2-3,5,7,13H,4,6,11H2,1H3. The largest absolute Gasteiger partial charge is 0.326 e. The average molecular weight is 190 g/mol. The lowest BCUT2D eigenvalue weighted by Gasteiger charge is -2.04. The van der Waals surface area contributed by atoms with Gasteiger partial charge in [0, 0.05) is 38.1 Å². The minimum atomic E-state index is 0.546. The van der Waals surface area contributed by atoms with E-state index >= 15 is 0 Å². The third kappa shape index (κ3) is 1.76. The third-order valence-corrected chi connectivity index (χ3v) is 2.26. The summed E-state index contributed by atoms with van der Waals surface area (Å²) >= 11 is 0. The summed E-state index contributed by atoms with van der Waals surface area (Å²) < 4.78 is 0. The van der Waals surface area contributed by atoms with E-state index in [0.717, 1.165) is 17.8 Å². The van der Waals surface area contributed by atoms with Crippen LogP contribution in [0.25, 0.3) is 5.57 Å². The van der Waals surface area contributed by atoms with Crippen molar-refractivity contribution in [3.8, 4) is 0 Å². The van der Waals surface area contributed by atoms with E-state index in [1.807, 2.05) is 36.6 Å². The van der Waals surface area contributed by atoms with E-state index in [1.54, 1.807) is 0 Å². The molecule has 0 saturated carbocycles. The van der Waals surface area contributed by atoms with Crippen LogP contribution in [0.4, 0.5) is 0 Å². The van der Waals surface area contributed by atoms with Crippen molar-refractivity contribution in [1.82, 2.24) is 15.4 Å². The number of nitrogens with zero attached hydrogens (tertiary/aromatic N) is 2. The van der Waals surface area contributed by atoms with E-state index in [2.05, 4.69) is 10.4 Å². The third-order valence-electron chi connectivity index (χ3n) is 2.26. The molecule has 0 fully saturated rings. The van der Waals surface area contributed by atoms with Crippen molar-refractivity contribution in [3.05, 3.63) is 35.8 Å². The fourth-order valence-corrected chi connectivity index (χ4v) is 1.43. The maximum absolute atomic E-state index is 5.50. The van der Waals surface area contributed by atoms with Crippen LogP contribution in [-0.2, 0) is 6.54 Å². The zero-order valence-electron chi connectivity index (χ0n) is 8.20. The van der Waals surface area contributed by atoms with Gasteiger partial charge in [-0.25, -0.2) is 5.43 Å². The van der Waals surface area contributed by atoms with Crippen LogP contribution in [0, 0.1) is 0 Å². The quantitative estimate of drug-likeness (QED) is 0.705. The summed E-state index contributed by atoms with van der Waals surface area (Å²) in [5.74, 6) is 0. The van der Waals surface area contributed by atoms with E-state index in [1.165, 1.54) is 5.57 Å². The second kappa shape index (κ2) is 3.77. The van der Waals surface area contributed by atoms with Gasteiger partial charge in [-0.2, -0.15) is 0 Å². The Morgan fingerprint density at radius 1 is 1.57 bits per heavy atom. The molecule has 0 spiro atoms. The molecule has 14 heavy (non-hydrogen) atoms. The van der Waals surface area contributed by atoms with Gasteiger partial charge in [0.2, 0.25) is 0 Å². The fourth-order valence-electron chi connectivity index (χ4n) is 1.43. The number of aromatic nitrogens is 1. The van der Waals surface area contributed by atoms with Gasteiger partial charge in [-0.3, -0.25) is 4.98 Å². The normalized spacial score (nSPS) is 15.9. The van der Waals surface area contributed by atoms with E-state index in [4.69, 9.17) is 5.73 Å². The minimum absolute atomic E-state index is 0.546. The lowest BCUT2D eigenvalue weighted by Crippen LogP contribution is -2.23. The summed E-state index contributed by atoms with van der Waals surface area (Å²) in [4.78, 5) is 4.35. The molecule has 0 aromatic carbocycles. The molecule has 0 aliphatic carbocycles. The van der Waals surface area contributed by atoms with Crippen LogP contribution in [-0.4, -0.2) is 23.6 Å². The van der Waals surface area contributed by atoms with Crippen LogP contribution in [0.2, 0.25) is 0 Å². The molecule has 0 amide bonds. The number of hydrazine groups is 1. The molecule has 1 aliphatic heterocycles. The summed E-state index contributed by atoms with van der Waals surface area (Å²) in [5, 5.41) is 1.94. The molecule has 74 valence electrons. The van der Waals surface area contributed by atoms with Crippen LogP contribution in [0.3, 0.4) is 0 Å². The highest BCUT2D eigenvalue weighted by molar-refractivity contribution is 5.65. The van der Waals surface area contributed by atoms with E-state index < -0.39 is 0 Å². The molecular formula is C10H14N4. The molecule has 0 radical (unpaired) electrons. The lowest BCUT2D eigenvalue weighted by molar-refractivity contribution is 0.374. The van der Waals surface area contributed by atoms with Crippen molar-refractivity contribution in [2.45, 2.75) is 6.54 Å². The van der Waals surface area contributed by atoms with E-state index in [0.29, 0.717) is 6.54 Å². The first-order valence-corrected chi connectivity index (χ1v) is 4.62. The maximum Gasteiger partial charge on any atom is 0.0690 e. The number of hydrogen-bond donors (Lipinski definition) is 2. The maximum atomic E-state index is 5.50. The summed E-state index contributed by atoms with van der Waals surface area (Å²) in [6.45, 7) is 1.38. The Balaban J connectivity index is 2.21. The van der Waals surface area contributed by atoms with Crippen molar-refractivity contribution in [3.63, 3.8) is 0 Å².